The van der Waals surface area contributed by atoms with Crippen molar-refractivity contribution in [3.8, 4) is 11.5 Å². The first kappa shape index (κ1) is 23.3. The van der Waals surface area contributed by atoms with E-state index < -0.39 is 18.0 Å². The molecule has 0 saturated heterocycles. The van der Waals surface area contributed by atoms with E-state index in [1.807, 2.05) is 38.1 Å². The van der Waals surface area contributed by atoms with E-state index in [4.69, 9.17) is 9.47 Å². The summed E-state index contributed by atoms with van der Waals surface area (Å²) in [7, 11) is 1.46. The summed E-state index contributed by atoms with van der Waals surface area (Å²) in [6.45, 7) is 3.77. The summed E-state index contributed by atoms with van der Waals surface area (Å²) in [6.07, 6.45) is 5.19. The smallest absolute Gasteiger partial charge is 0.336 e. The standard InChI is InChI=1S/C23H24BrNO5/c1-4-15(2)22(23(27)28)25-14-17-8-10-19(20(13-17)29-3)30-21(26)11-9-16-6-5-7-18(24)12-16/h5-15,22H,4H2,1-3H3,(H,27,28)/b11-9+,25-14+. The van der Waals surface area contributed by atoms with Crippen LogP contribution in [-0.2, 0) is 9.59 Å². The minimum absolute atomic E-state index is 0.0853. The van der Waals surface area contributed by atoms with E-state index in [0.717, 1.165) is 10.0 Å². The van der Waals surface area contributed by atoms with Crippen LogP contribution in [0.1, 0.15) is 31.4 Å². The third kappa shape index (κ3) is 6.84. The average molecular weight is 474 g/mol. The lowest BCUT2D eigenvalue weighted by atomic mass is 10.00. The minimum atomic E-state index is -0.963. The molecule has 2 aromatic carbocycles. The molecule has 0 fully saturated rings. The monoisotopic (exact) mass is 473 g/mol. The van der Waals surface area contributed by atoms with Crippen molar-refractivity contribution in [1.82, 2.24) is 0 Å². The van der Waals surface area contributed by atoms with Crippen LogP contribution in [0.15, 0.2) is 58.0 Å². The molecule has 2 atom stereocenters. The number of methoxy groups -OCH3 is 1. The van der Waals surface area contributed by atoms with Crippen LogP contribution in [-0.4, -0.2) is 36.4 Å². The molecule has 0 aliphatic carbocycles. The van der Waals surface area contributed by atoms with E-state index in [1.165, 1.54) is 19.4 Å². The number of nitrogens with zero attached hydrogens (tertiary/aromatic N) is 1. The Hall–Kier alpha value is -2.93. The first-order chi connectivity index (χ1) is 14.3. The second-order valence-electron chi connectivity index (χ2n) is 6.67. The van der Waals surface area contributed by atoms with E-state index in [2.05, 4.69) is 20.9 Å². The molecule has 0 saturated carbocycles. The Kier molecular flexibility index (Phi) is 8.80. The molecule has 0 aliphatic heterocycles. The molecule has 0 spiro atoms. The Bertz CT molecular complexity index is 954. The number of benzene rings is 2. The van der Waals surface area contributed by atoms with Gasteiger partial charge in [-0.05, 0) is 53.5 Å². The Morgan fingerprint density at radius 2 is 1.93 bits per heavy atom. The quantitative estimate of drug-likeness (QED) is 0.240. The first-order valence-corrected chi connectivity index (χ1v) is 10.2. The lowest BCUT2D eigenvalue weighted by Crippen LogP contribution is -2.25. The summed E-state index contributed by atoms with van der Waals surface area (Å²) in [5.41, 5.74) is 1.50. The number of aliphatic carboxylic acids is 1. The molecule has 30 heavy (non-hydrogen) atoms. The summed E-state index contributed by atoms with van der Waals surface area (Å²) in [6, 6.07) is 11.6. The molecule has 7 heteroatoms. The molecule has 0 aliphatic rings. The highest BCUT2D eigenvalue weighted by molar-refractivity contribution is 9.10. The van der Waals surface area contributed by atoms with Gasteiger partial charge in [0.1, 0.15) is 6.04 Å². The van der Waals surface area contributed by atoms with E-state index in [9.17, 15) is 14.7 Å². The van der Waals surface area contributed by atoms with Crippen molar-refractivity contribution in [3.05, 3.63) is 64.1 Å². The fraction of sp³-hybridized carbons (Fsp3) is 0.261. The third-order valence-electron chi connectivity index (χ3n) is 4.48. The van der Waals surface area contributed by atoms with Gasteiger partial charge in [0.25, 0.3) is 0 Å². The molecule has 6 nitrogen and oxygen atoms in total. The lowest BCUT2D eigenvalue weighted by Gasteiger charge is -2.14. The van der Waals surface area contributed by atoms with Crippen molar-refractivity contribution in [2.75, 3.05) is 7.11 Å². The highest BCUT2D eigenvalue weighted by Gasteiger charge is 2.21. The molecule has 2 aromatic rings. The fourth-order valence-electron chi connectivity index (χ4n) is 2.61. The van der Waals surface area contributed by atoms with Gasteiger partial charge in [-0.25, -0.2) is 9.59 Å². The maximum absolute atomic E-state index is 12.2. The first-order valence-electron chi connectivity index (χ1n) is 9.43. The Labute approximate surface area is 184 Å². The maximum atomic E-state index is 12.2. The number of rotatable bonds is 9. The lowest BCUT2D eigenvalue weighted by molar-refractivity contribution is -0.139. The number of halogens is 1. The average Bonchev–Trinajstić information content (AvgIpc) is 2.72. The fourth-order valence-corrected chi connectivity index (χ4v) is 3.03. The van der Waals surface area contributed by atoms with E-state index in [-0.39, 0.29) is 11.7 Å². The Morgan fingerprint density at radius 3 is 2.57 bits per heavy atom. The minimum Gasteiger partial charge on any atom is -0.493 e. The summed E-state index contributed by atoms with van der Waals surface area (Å²) < 4.78 is 11.6. The second-order valence-corrected chi connectivity index (χ2v) is 7.58. The van der Waals surface area contributed by atoms with Gasteiger partial charge < -0.3 is 14.6 Å². The zero-order valence-electron chi connectivity index (χ0n) is 17.0. The molecule has 0 amide bonds. The van der Waals surface area contributed by atoms with Gasteiger partial charge in [0.15, 0.2) is 11.5 Å². The maximum Gasteiger partial charge on any atom is 0.336 e. The number of carbonyl (C=O) groups excluding carboxylic acids is 1. The zero-order valence-corrected chi connectivity index (χ0v) is 18.6. The molecule has 2 unspecified atom stereocenters. The van der Waals surface area contributed by atoms with Crippen LogP contribution in [0.3, 0.4) is 0 Å². The molecule has 0 radical (unpaired) electrons. The van der Waals surface area contributed by atoms with Gasteiger partial charge in [0, 0.05) is 16.8 Å². The van der Waals surface area contributed by atoms with Crippen molar-refractivity contribution in [3.63, 3.8) is 0 Å². The van der Waals surface area contributed by atoms with Crippen LogP contribution in [0.2, 0.25) is 0 Å². The zero-order chi connectivity index (χ0) is 22.1. The molecule has 1 N–H and O–H groups in total. The molecule has 0 aromatic heterocycles. The van der Waals surface area contributed by atoms with Crippen LogP contribution in [0.25, 0.3) is 6.08 Å². The van der Waals surface area contributed by atoms with Gasteiger partial charge in [-0.3, -0.25) is 4.99 Å². The van der Waals surface area contributed by atoms with Crippen molar-refractivity contribution in [2.45, 2.75) is 26.3 Å². The van der Waals surface area contributed by atoms with Crippen molar-refractivity contribution in [1.29, 1.82) is 0 Å². The van der Waals surface area contributed by atoms with Gasteiger partial charge in [-0.15, -0.1) is 0 Å². The van der Waals surface area contributed by atoms with Gasteiger partial charge in [-0.1, -0.05) is 48.3 Å². The normalized spacial score (nSPS) is 13.3. The number of carboxylic acids is 1. The SMILES string of the molecule is CCC(C)C(/N=C/c1ccc(OC(=O)/C=C/c2cccc(Br)c2)c(OC)c1)C(=O)O. The highest BCUT2D eigenvalue weighted by atomic mass is 79.9. The van der Waals surface area contributed by atoms with Gasteiger partial charge in [0.2, 0.25) is 0 Å². The number of hydrogen-bond donors (Lipinski definition) is 1. The van der Waals surface area contributed by atoms with Crippen LogP contribution < -0.4 is 9.47 Å². The summed E-state index contributed by atoms with van der Waals surface area (Å²) in [4.78, 5) is 27.7. The van der Waals surface area contributed by atoms with E-state index in [1.54, 1.807) is 24.3 Å². The van der Waals surface area contributed by atoms with Crippen LogP contribution in [0.4, 0.5) is 0 Å². The van der Waals surface area contributed by atoms with Crippen molar-refractivity contribution < 1.29 is 24.2 Å². The van der Waals surface area contributed by atoms with Gasteiger partial charge >= 0.3 is 11.9 Å². The Balaban J connectivity index is 2.12. The number of carboxylic acid groups (broad SMARTS) is 1. The topological polar surface area (TPSA) is 85.2 Å². The predicted molar refractivity (Wildman–Crippen MR) is 120 cm³/mol. The molecule has 0 bridgehead atoms. The molecular formula is C23H24BrNO5. The van der Waals surface area contributed by atoms with Crippen LogP contribution >= 0.6 is 15.9 Å². The van der Waals surface area contributed by atoms with Crippen molar-refractivity contribution >= 4 is 40.2 Å². The van der Waals surface area contributed by atoms with Gasteiger partial charge in [0.05, 0.1) is 7.11 Å². The summed E-state index contributed by atoms with van der Waals surface area (Å²) in [5, 5.41) is 9.34. The van der Waals surface area contributed by atoms with E-state index >= 15 is 0 Å². The summed E-state index contributed by atoms with van der Waals surface area (Å²) in [5.74, 6) is -0.987. The highest BCUT2D eigenvalue weighted by Crippen LogP contribution is 2.28. The Morgan fingerprint density at radius 1 is 1.17 bits per heavy atom. The largest absolute Gasteiger partial charge is 0.493 e. The number of esters is 1. The van der Waals surface area contributed by atoms with Crippen molar-refractivity contribution in [2.24, 2.45) is 10.9 Å². The second kappa shape index (κ2) is 11.3. The number of ether oxygens (including phenoxy) is 2. The molecule has 2 rings (SSSR count). The molecular weight excluding hydrogens is 450 g/mol. The third-order valence-corrected chi connectivity index (χ3v) is 4.97. The predicted octanol–water partition coefficient (Wildman–Crippen LogP) is 4.99. The molecule has 0 heterocycles. The number of aliphatic imine (C=N–C) groups is 1. The number of hydrogen-bond acceptors (Lipinski definition) is 5. The van der Waals surface area contributed by atoms with Crippen LogP contribution in [0.5, 0.6) is 11.5 Å². The summed E-state index contributed by atoms with van der Waals surface area (Å²) >= 11 is 3.38. The van der Waals surface area contributed by atoms with Gasteiger partial charge in [-0.2, -0.15) is 0 Å². The van der Waals surface area contributed by atoms with Crippen LogP contribution in [0, 0.1) is 5.92 Å². The molecule has 158 valence electrons. The van der Waals surface area contributed by atoms with E-state index in [0.29, 0.717) is 17.7 Å². The number of carbonyl (C=O) groups is 2.